The van der Waals surface area contributed by atoms with Gasteiger partial charge >= 0.3 is 0 Å². The van der Waals surface area contributed by atoms with Gasteiger partial charge in [-0.25, -0.2) is 0 Å². The Labute approximate surface area is 182 Å². The molecule has 1 aromatic heterocycles. The number of carbonyl (C=O) groups is 2. The number of rotatable bonds is 6. The Hall–Kier alpha value is -2.58. The van der Waals surface area contributed by atoms with Crippen molar-refractivity contribution in [3.63, 3.8) is 0 Å². The number of nitrogens with zero attached hydrogens (tertiary/aromatic N) is 3. The van der Waals surface area contributed by atoms with E-state index in [9.17, 15) is 9.59 Å². The number of hydrogen-bond donors (Lipinski definition) is 3. The second-order valence-corrected chi connectivity index (χ2v) is 7.52. The first-order valence-electron chi connectivity index (χ1n) is 10.3. The fourth-order valence-electron chi connectivity index (χ4n) is 3.95. The third-order valence-corrected chi connectivity index (χ3v) is 5.63. The molecule has 1 fully saturated rings. The Morgan fingerprint density at radius 2 is 1.87 bits per heavy atom. The molecule has 0 saturated carbocycles. The van der Waals surface area contributed by atoms with Gasteiger partial charge in [0.2, 0.25) is 5.91 Å². The van der Waals surface area contributed by atoms with Crippen molar-refractivity contribution in [2.24, 2.45) is 0 Å². The summed E-state index contributed by atoms with van der Waals surface area (Å²) < 4.78 is 0. The highest BCUT2D eigenvalue weighted by molar-refractivity contribution is 5.94. The van der Waals surface area contributed by atoms with Crippen LogP contribution in [-0.2, 0) is 17.8 Å². The number of amides is 2. The van der Waals surface area contributed by atoms with Gasteiger partial charge in [0.25, 0.3) is 5.91 Å². The molecule has 2 aromatic rings. The van der Waals surface area contributed by atoms with Crippen LogP contribution in [0, 0.1) is 0 Å². The van der Waals surface area contributed by atoms with E-state index in [1.54, 1.807) is 0 Å². The molecule has 1 saturated heterocycles. The summed E-state index contributed by atoms with van der Waals surface area (Å²) in [7, 11) is 0. The van der Waals surface area contributed by atoms with Gasteiger partial charge in [0, 0.05) is 75.6 Å². The van der Waals surface area contributed by atoms with Crippen LogP contribution in [0.3, 0.4) is 0 Å². The second kappa shape index (κ2) is 10.4. The zero-order valence-corrected chi connectivity index (χ0v) is 17.8. The average molecular weight is 433 g/mol. The van der Waals surface area contributed by atoms with Crippen LogP contribution in [-0.4, -0.2) is 66.2 Å². The fourth-order valence-corrected chi connectivity index (χ4v) is 3.95. The molecule has 162 valence electrons. The highest BCUT2D eigenvalue weighted by Crippen LogP contribution is 2.17. The van der Waals surface area contributed by atoms with Crippen molar-refractivity contribution >= 4 is 29.9 Å². The maximum absolute atomic E-state index is 12.5. The maximum atomic E-state index is 12.5. The monoisotopic (exact) mass is 432 g/mol. The van der Waals surface area contributed by atoms with Gasteiger partial charge in [-0.3, -0.25) is 14.7 Å². The minimum atomic E-state index is -0.171. The number of benzene rings is 1. The van der Waals surface area contributed by atoms with Gasteiger partial charge in [-0.2, -0.15) is 5.10 Å². The van der Waals surface area contributed by atoms with E-state index in [1.165, 1.54) is 5.69 Å². The van der Waals surface area contributed by atoms with Crippen LogP contribution in [0.25, 0.3) is 0 Å². The summed E-state index contributed by atoms with van der Waals surface area (Å²) in [6.07, 6.45) is 1.95. The van der Waals surface area contributed by atoms with E-state index < -0.39 is 0 Å². The van der Waals surface area contributed by atoms with E-state index >= 15 is 0 Å². The summed E-state index contributed by atoms with van der Waals surface area (Å²) in [5.41, 5.74) is 3.67. The first kappa shape index (κ1) is 22.1. The average Bonchev–Trinajstić information content (AvgIpc) is 3.21. The first-order valence-corrected chi connectivity index (χ1v) is 10.3. The summed E-state index contributed by atoms with van der Waals surface area (Å²) in [5.74, 6) is -0.0107. The smallest absolute Gasteiger partial charge is 0.272 e. The number of anilines is 1. The predicted octanol–water partition coefficient (Wildman–Crippen LogP) is 1.34. The van der Waals surface area contributed by atoms with Crippen LogP contribution in [0.4, 0.5) is 5.69 Å². The van der Waals surface area contributed by atoms with Crippen molar-refractivity contribution in [3.8, 4) is 0 Å². The van der Waals surface area contributed by atoms with Crippen LogP contribution in [0.15, 0.2) is 30.3 Å². The number of H-pyrrole nitrogens is 1. The molecule has 8 nitrogen and oxygen atoms in total. The number of nitrogens with one attached hydrogen (secondary N) is 3. The molecule has 2 aliphatic heterocycles. The summed E-state index contributed by atoms with van der Waals surface area (Å²) in [6.45, 7) is 5.23. The normalized spacial score (nSPS) is 15.9. The molecule has 3 N–H and O–H groups in total. The molecule has 0 radical (unpaired) electrons. The molecule has 9 heteroatoms. The number of para-hydroxylation sites is 1. The topological polar surface area (TPSA) is 93.4 Å². The van der Waals surface area contributed by atoms with Gasteiger partial charge in [0.1, 0.15) is 0 Å². The Morgan fingerprint density at radius 1 is 1.10 bits per heavy atom. The number of piperazine rings is 1. The van der Waals surface area contributed by atoms with Crippen molar-refractivity contribution < 1.29 is 9.59 Å². The summed E-state index contributed by atoms with van der Waals surface area (Å²) in [6, 6.07) is 10.3. The third-order valence-electron chi connectivity index (χ3n) is 5.63. The van der Waals surface area contributed by atoms with E-state index in [-0.39, 0.29) is 24.2 Å². The number of hydrogen-bond acceptors (Lipinski definition) is 5. The van der Waals surface area contributed by atoms with Crippen LogP contribution in [0.1, 0.15) is 34.6 Å². The number of halogens is 1. The van der Waals surface area contributed by atoms with Gasteiger partial charge < -0.3 is 20.4 Å². The first-order chi connectivity index (χ1) is 14.2. The van der Waals surface area contributed by atoms with E-state index in [4.69, 9.17) is 0 Å². The summed E-state index contributed by atoms with van der Waals surface area (Å²) in [5, 5.41) is 13.3. The zero-order chi connectivity index (χ0) is 20.1. The molecule has 0 spiro atoms. The van der Waals surface area contributed by atoms with Crippen LogP contribution < -0.4 is 15.5 Å². The van der Waals surface area contributed by atoms with Gasteiger partial charge in [0.05, 0.1) is 0 Å². The molecule has 30 heavy (non-hydrogen) atoms. The second-order valence-electron chi connectivity index (χ2n) is 7.52. The van der Waals surface area contributed by atoms with E-state index in [2.05, 4.69) is 37.9 Å². The molecule has 4 rings (SSSR count). The quantitative estimate of drug-likeness (QED) is 0.599. The maximum Gasteiger partial charge on any atom is 0.272 e. The lowest BCUT2D eigenvalue weighted by molar-refractivity contribution is -0.131. The zero-order valence-electron chi connectivity index (χ0n) is 17.0. The van der Waals surface area contributed by atoms with Crippen LogP contribution in [0.2, 0.25) is 0 Å². The van der Waals surface area contributed by atoms with Crippen molar-refractivity contribution in [3.05, 3.63) is 47.3 Å². The van der Waals surface area contributed by atoms with Crippen LogP contribution >= 0.6 is 12.4 Å². The van der Waals surface area contributed by atoms with E-state index in [0.717, 1.165) is 50.4 Å². The summed E-state index contributed by atoms with van der Waals surface area (Å²) >= 11 is 0. The highest BCUT2D eigenvalue weighted by Gasteiger charge is 2.22. The molecular formula is C21H29ClN6O2. The van der Waals surface area contributed by atoms with E-state index in [0.29, 0.717) is 31.6 Å². The fraction of sp³-hybridized carbons (Fsp3) is 0.476. The Bertz CT molecular complexity index is 848. The van der Waals surface area contributed by atoms with Crippen molar-refractivity contribution in [2.75, 3.05) is 44.2 Å². The molecule has 0 aliphatic carbocycles. The van der Waals surface area contributed by atoms with Gasteiger partial charge in [-0.05, 0) is 18.6 Å². The van der Waals surface area contributed by atoms with Gasteiger partial charge in [-0.15, -0.1) is 12.4 Å². The van der Waals surface area contributed by atoms with Crippen molar-refractivity contribution in [2.45, 2.75) is 25.8 Å². The molecule has 0 unspecified atom stereocenters. The molecule has 3 heterocycles. The van der Waals surface area contributed by atoms with E-state index in [1.807, 2.05) is 23.1 Å². The SMILES string of the molecule is Cl.O=C(NCCCC(=O)N1CCN(c2ccccc2)CC1)c1n[nH]c2c1CNCC2. The number of aromatic nitrogens is 2. The van der Waals surface area contributed by atoms with Gasteiger partial charge in [0.15, 0.2) is 5.69 Å². The van der Waals surface area contributed by atoms with Gasteiger partial charge in [-0.1, -0.05) is 18.2 Å². The Kier molecular flexibility index (Phi) is 7.70. The third kappa shape index (κ3) is 5.12. The predicted molar refractivity (Wildman–Crippen MR) is 118 cm³/mol. The number of carbonyl (C=O) groups excluding carboxylic acids is 2. The Balaban J connectivity index is 0.00000256. The lowest BCUT2D eigenvalue weighted by Gasteiger charge is -2.36. The van der Waals surface area contributed by atoms with Crippen LogP contribution in [0.5, 0.6) is 0 Å². The van der Waals surface area contributed by atoms with Crippen molar-refractivity contribution in [1.29, 1.82) is 0 Å². The molecule has 1 aromatic carbocycles. The van der Waals surface area contributed by atoms with Crippen molar-refractivity contribution in [1.82, 2.24) is 25.7 Å². The molecule has 0 atom stereocenters. The largest absolute Gasteiger partial charge is 0.368 e. The minimum absolute atomic E-state index is 0. The lowest BCUT2D eigenvalue weighted by atomic mass is 10.1. The molecule has 2 amide bonds. The standard InChI is InChI=1S/C21H28N6O2.ClH/c28-19(27-13-11-26(12-14-27)16-5-2-1-3-6-16)7-4-9-23-21(29)20-17-15-22-10-8-18(17)24-25-20;/h1-3,5-6,22H,4,7-15H2,(H,23,29)(H,24,25);1H. The number of aromatic amines is 1. The molecule has 0 bridgehead atoms. The minimum Gasteiger partial charge on any atom is -0.368 e. The summed E-state index contributed by atoms with van der Waals surface area (Å²) in [4.78, 5) is 29.1. The molecular weight excluding hydrogens is 404 g/mol. The highest BCUT2D eigenvalue weighted by atomic mass is 35.5. The Morgan fingerprint density at radius 3 is 2.63 bits per heavy atom. The molecule has 2 aliphatic rings. The number of fused-ring (bicyclic) bond motifs is 1. The lowest BCUT2D eigenvalue weighted by Crippen LogP contribution is -2.48.